The highest BCUT2D eigenvalue weighted by molar-refractivity contribution is 7.09. The molecule has 3 heterocycles. The number of aliphatic hydroxyl groups is 1. The number of aryl methyl sites for hydroxylation is 1. The summed E-state index contributed by atoms with van der Waals surface area (Å²) in [4.78, 5) is 23.7. The van der Waals surface area contributed by atoms with E-state index in [0.717, 1.165) is 0 Å². The van der Waals surface area contributed by atoms with E-state index in [-0.39, 0.29) is 13.1 Å². The zero-order chi connectivity index (χ0) is 20.5. The van der Waals surface area contributed by atoms with Crippen LogP contribution in [0.4, 0.5) is 19.0 Å². The van der Waals surface area contributed by atoms with Crippen LogP contribution in [0.3, 0.4) is 0 Å². The van der Waals surface area contributed by atoms with E-state index >= 15 is 0 Å². The van der Waals surface area contributed by atoms with Crippen molar-refractivity contribution in [2.75, 3.05) is 31.1 Å². The van der Waals surface area contributed by atoms with Crippen molar-refractivity contribution in [2.45, 2.75) is 25.1 Å². The first-order chi connectivity index (χ1) is 13.1. The highest BCUT2D eigenvalue weighted by Gasteiger charge is 2.58. The van der Waals surface area contributed by atoms with E-state index in [1.807, 2.05) is 4.90 Å². The van der Waals surface area contributed by atoms with Crippen molar-refractivity contribution in [3.05, 3.63) is 39.4 Å². The van der Waals surface area contributed by atoms with Gasteiger partial charge < -0.3 is 14.9 Å². The second-order valence-electron chi connectivity index (χ2n) is 6.53. The van der Waals surface area contributed by atoms with Crippen molar-refractivity contribution in [1.82, 2.24) is 14.9 Å². The monoisotopic (exact) mass is 434 g/mol. The van der Waals surface area contributed by atoms with Gasteiger partial charge in [0.25, 0.3) is 0 Å². The van der Waals surface area contributed by atoms with Gasteiger partial charge in [-0.25, -0.2) is 9.97 Å². The maximum atomic E-state index is 13.6. The number of hydrogen-bond acceptors (Lipinski definition) is 6. The number of rotatable bonds is 4. The summed E-state index contributed by atoms with van der Waals surface area (Å²) in [6, 6.07) is 3.44. The summed E-state index contributed by atoms with van der Waals surface area (Å²) in [5, 5.41) is 11.7. The molecule has 0 bridgehead atoms. The Morgan fingerprint density at radius 2 is 1.96 bits per heavy atom. The summed E-state index contributed by atoms with van der Waals surface area (Å²) < 4.78 is 40.7. The fourth-order valence-corrected chi connectivity index (χ4v) is 3.94. The number of hydrogen-bond donors (Lipinski definition) is 1. The van der Waals surface area contributed by atoms with E-state index in [0.29, 0.717) is 41.0 Å². The van der Waals surface area contributed by atoms with Gasteiger partial charge in [0, 0.05) is 43.4 Å². The molecule has 6 nitrogen and oxygen atoms in total. The number of piperazine rings is 1. The Morgan fingerprint density at radius 1 is 1.29 bits per heavy atom. The summed E-state index contributed by atoms with van der Waals surface area (Å²) in [6.07, 6.45) is -4.60. The van der Waals surface area contributed by atoms with Gasteiger partial charge in [-0.3, -0.25) is 4.79 Å². The van der Waals surface area contributed by atoms with E-state index in [1.54, 1.807) is 12.1 Å². The van der Waals surface area contributed by atoms with Gasteiger partial charge in [-0.2, -0.15) is 13.2 Å². The van der Waals surface area contributed by atoms with Gasteiger partial charge in [-0.05, 0) is 19.1 Å². The maximum absolute atomic E-state index is 13.6. The number of carbonyl (C=O) groups is 1. The average Bonchev–Trinajstić information content (AvgIpc) is 3.08. The quantitative estimate of drug-likeness (QED) is 0.801. The molecule has 1 unspecified atom stereocenters. The minimum atomic E-state index is -5.01. The lowest BCUT2D eigenvalue weighted by atomic mass is 9.98. The fourth-order valence-electron chi connectivity index (χ4n) is 2.91. The Kier molecular flexibility index (Phi) is 5.83. The second kappa shape index (κ2) is 7.84. The number of thiazole rings is 1. The number of carbonyl (C=O) groups excluding carboxylic acids is 1. The summed E-state index contributed by atoms with van der Waals surface area (Å²) >= 11 is 6.50. The van der Waals surface area contributed by atoms with Crippen LogP contribution in [0.15, 0.2) is 23.7 Å². The fraction of sp³-hybridized carbons (Fsp3) is 0.471. The van der Waals surface area contributed by atoms with Crippen molar-refractivity contribution in [3.8, 4) is 0 Å². The Bertz CT molecular complexity index is 838. The van der Waals surface area contributed by atoms with Crippen molar-refractivity contribution in [2.24, 2.45) is 0 Å². The molecule has 1 atom stereocenters. The zero-order valence-electron chi connectivity index (χ0n) is 14.9. The normalized spacial score (nSPS) is 17.5. The number of nitrogens with zero attached hydrogens (tertiary/aromatic N) is 4. The standard InChI is InChI=1S/C17H18ClF3N4O2S/c1-11-10-28-15(23-11)16(27,17(19,20)21)8-14(26)25-6-4-24(5-7-25)13-3-2-12(18)9-22-13/h2-3,9-10,27H,4-8H2,1H3. The van der Waals surface area contributed by atoms with Gasteiger partial charge in [-0.1, -0.05) is 11.6 Å². The maximum Gasteiger partial charge on any atom is 0.424 e. The number of pyridine rings is 1. The lowest BCUT2D eigenvalue weighted by Crippen LogP contribution is -2.52. The van der Waals surface area contributed by atoms with Crippen molar-refractivity contribution in [3.63, 3.8) is 0 Å². The van der Waals surface area contributed by atoms with Gasteiger partial charge in [0.15, 0.2) is 0 Å². The molecule has 1 aliphatic rings. The highest BCUT2D eigenvalue weighted by atomic mass is 35.5. The number of halogens is 4. The molecule has 1 amide bonds. The number of aromatic nitrogens is 2. The molecule has 0 aliphatic carbocycles. The summed E-state index contributed by atoms with van der Waals surface area (Å²) in [7, 11) is 0. The third kappa shape index (κ3) is 4.23. The topological polar surface area (TPSA) is 69.6 Å². The highest BCUT2D eigenvalue weighted by Crippen LogP contribution is 2.43. The first kappa shape index (κ1) is 20.8. The average molecular weight is 435 g/mol. The number of amides is 1. The van der Waals surface area contributed by atoms with Gasteiger partial charge >= 0.3 is 6.18 Å². The lowest BCUT2D eigenvalue weighted by molar-refractivity contribution is -0.268. The Labute approximate surface area is 168 Å². The lowest BCUT2D eigenvalue weighted by Gasteiger charge is -2.37. The third-order valence-electron chi connectivity index (χ3n) is 4.52. The molecule has 1 fully saturated rings. The molecule has 0 spiro atoms. The van der Waals surface area contributed by atoms with E-state index < -0.39 is 29.1 Å². The molecular weight excluding hydrogens is 417 g/mol. The van der Waals surface area contributed by atoms with E-state index in [9.17, 15) is 23.1 Å². The van der Waals surface area contributed by atoms with Crippen LogP contribution in [-0.4, -0.2) is 58.2 Å². The Morgan fingerprint density at radius 3 is 2.46 bits per heavy atom. The summed E-state index contributed by atoms with van der Waals surface area (Å²) in [5.74, 6) is -0.0852. The van der Waals surface area contributed by atoms with Crippen LogP contribution in [0.25, 0.3) is 0 Å². The van der Waals surface area contributed by atoms with Crippen LogP contribution in [0.2, 0.25) is 5.02 Å². The van der Waals surface area contributed by atoms with Crippen LogP contribution >= 0.6 is 22.9 Å². The summed E-state index contributed by atoms with van der Waals surface area (Å²) in [6.45, 7) is 2.83. The first-order valence-electron chi connectivity index (χ1n) is 8.46. The van der Waals surface area contributed by atoms with Gasteiger partial charge in [0.1, 0.15) is 10.8 Å². The van der Waals surface area contributed by atoms with Crippen LogP contribution in [-0.2, 0) is 10.4 Å². The molecular formula is C17H18ClF3N4O2S. The molecule has 1 N–H and O–H groups in total. The molecule has 0 saturated carbocycles. The van der Waals surface area contributed by atoms with Gasteiger partial charge in [0.05, 0.1) is 11.4 Å². The van der Waals surface area contributed by atoms with E-state index in [2.05, 4.69) is 9.97 Å². The predicted octanol–water partition coefficient (Wildman–Crippen LogP) is 2.99. The molecule has 152 valence electrons. The molecule has 1 aliphatic heterocycles. The Hall–Kier alpha value is -1.91. The SMILES string of the molecule is Cc1csc(C(O)(CC(=O)N2CCN(c3ccc(Cl)cn3)CC2)C(F)(F)F)n1. The van der Waals surface area contributed by atoms with Crippen LogP contribution in [0.1, 0.15) is 17.1 Å². The minimum Gasteiger partial charge on any atom is -0.374 e. The molecule has 3 rings (SSSR count). The Balaban J connectivity index is 1.68. The van der Waals surface area contributed by atoms with Crippen LogP contribution in [0.5, 0.6) is 0 Å². The largest absolute Gasteiger partial charge is 0.424 e. The smallest absolute Gasteiger partial charge is 0.374 e. The molecule has 28 heavy (non-hydrogen) atoms. The molecule has 0 aromatic carbocycles. The third-order valence-corrected chi connectivity index (χ3v) is 5.85. The van der Waals surface area contributed by atoms with Crippen molar-refractivity contribution in [1.29, 1.82) is 0 Å². The van der Waals surface area contributed by atoms with Gasteiger partial charge in [-0.15, -0.1) is 11.3 Å². The van der Waals surface area contributed by atoms with E-state index in [1.165, 1.54) is 23.4 Å². The van der Waals surface area contributed by atoms with Crippen LogP contribution < -0.4 is 4.90 Å². The van der Waals surface area contributed by atoms with Crippen molar-refractivity contribution >= 4 is 34.7 Å². The molecule has 1 saturated heterocycles. The van der Waals surface area contributed by atoms with Gasteiger partial charge in [0.2, 0.25) is 11.5 Å². The summed E-state index contributed by atoms with van der Waals surface area (Å²) in [5.41, 5.74) is -2.93. The molecule has 0 radical (unpaired) electrons. The predicted molar refractivity (Wildman–Crippen MR) is 99.5 cm³/mol. The van der Waals surface area contributed by atoms with Crippen LogP contribution in [0, 0.1) is 6.92 Å². The second-order valence-corrected chi connectivity index (χ2v) is 7.83. The van der Waals surface area contributed by atoms with E-state index in [4.69, 9.17) is 11.6 Å². The minimum absolute atomic E-state index is 0.230. The van der Waals surface area contributed by atoms with Crippen molar-refractivity contribution < 1.29 is 23.1 Å². The first-order valence-corrected chi connectivity index (χ1v) is 9.72. The number of alkyl halides is 3. The molecule has 2 aromatic heterocycles. The molecule has 11 heteroatoms. The number of anilines is 1. The molecule has 2 aromatic rings. The zero-order valence-corrected chi connectivity index (χ0v) is 16.5.